The number of nitrogens with one attached hydrogen (secondary N) is 1. The van der Waals surface area contributed by atoms with E-state index in [1.54, 1.807) is 6.07 Å². The number of allylic oxidation sites excluding steroid dienone is 1. The van der Waals surface area contributed by atoms with E-state index < -0.39 is 0 Å². The first-order valence-electron chi connectivity index (χ1n) is 7.66. The van der Waals surface area contributed by atoms with Crippen molar-refractivity contribution in [2.75, 3.05) is 6.61 Å². The van der Waals surface area contributed by atoms with E-state index in [0.29, 0.717) is 6.54 Å². The number of rotatable bonds is 6. The van der Waals surface area contributed by atoms with Crippen LogP contribution in [0, 0.1) is 0 Å². The number of phenolic OH excluding ortho intramolecular Hbond substituents is 1. The average molecular weight is 295 g/mol. The highest BCUT2D eigenvalue weighted by molar-refractivity contribution is 5.73. The van der Waals surface area contributed by atoms with Gasteiger partial charge < -0.3 is 15.5 Å². The molecule has 3 nitrogen and oxygen atoms in total. The third-order valence-electron chi connectivity index (χ3n) is 4.19. The molecule has 0 aromatic heterocycles. The van der Waals surface area contributed by atoms with E-state index >= 15 is 0 Å². The van der Waals surface area contributed by atoms with Crippen LogP contribution < -0.4 is 5.32 Å². The van der Waals surface area contributed by atoms with Gasteiger partial charge in [-0.05, 0) is 35.6 Å². The summed E-state index contributed by atoms with van der Waals surface area (Å²) in [6.07, 6.45) is 4.01. The smallest absolute Gasteiger partial charge is 0.120 e. The van der Waals surface area contributed by atoms with Crippen molar-refractivity contribution in [1.29, 1.82) is 0 Å². The molecule has 0 unspecified atom stereocenters. The number of phenols is 1. The molecule has 0 heterocycles. The van der Waals surface area contributed by atoms with Gasteiger partial charge in [-0.2, -0.15) is 0 Å². The molecule has 1 aliphatic carbocycles. The van der Waals surface area contributed by atoms with Crippen molar-refractivity contribution in [3.63, 3.8) is 0 Å². The Kier molecular flexibility index (Phi) is 4.56. The van der Waals surface area contributed by atoms with E-state index in [4.69, 9.17) is 0 Å². The number of fused-ring (bicyclic) bond motifs is 1. The lowest BCUT2D eigenvalue weighted by Crippen LogP contribution is -2.32. The van der Waals surface area contributed by atoms with Crippen LogP contribution in [0.4, 0.5) is 0 Å². The van der Waals surface area contributed by atoms with Crippen LogP contribution in [0.15, 0.2) is 54.6 Å². The number of benzene rings is 2. The number of aromatic hydroxyl groups is 1. The van der Waals surface area contributed by atoms with Crippen LogP contribution in [-0.2, 0) is 13.0 Å². The fourth-order valence-electron chi connectivity index (χ4n) is 2.93. The molecule has 0 amide bonds. The van der Waals surface area contributed by atoms with Crippen molar-refractivity contribution < 1.29 is 10.2 Å². The maximum absolute atomic E-state index is 9.80. The maximum Gasteiger partial charge on any atom is 0.120 e. The topological polar surface area (TPSA) is 52.5 Å². The van der Waals surface area contributed by atoms with E-state index in [1.165, 1.54) is 16.7 Å². The van der Waals surface area contributed by atoms with Crippen LogP contribution in [0.5, 0.6) is 5.75 Å². The second kappa shape index (κ2) is 6.77. The van der Waals surface area contributed by atoms with Gasteiger partial charge in [-0.25, -0.2) is 0 Å². The van der Waals surface area contributed by atoms with Gasteiger partial charge in [-0.15, -0.1) is 0 Å². The number of hydrogen-bond acceptors (Lipinski definition) is 3. The van der Waals surface area contributed by atoms with Crippen LogP contribution in [-0.4, -0.2) is 22.9 Å². The first-order chi connectivity index (χ1) is 10.8. The molecule has 3 N–H and O–H groups in total. The fourth-order valence-corrected chi connectivity index (χ4v) is 2.93. The zero-order valence-corrected chi connectivity index (χ0v) is 12.5. The van der Waals surface area contributed by atoms with E-state index in [2.05, 4.69) is 35.7 Å². The van der Waals surface area contributed by atoms with E-state index in [1.807, 2.05) is 18.2 Å². The molecule has 1 atom stereocenters. The Hall–Kier alpha value is -2.10. The van der Waals surface area contributed by atoms with Crippen LogP contribution in [0.2, 0.25) is 0 Å². The standard InChI is InChI=1S/C19H21NO2/c21-13-17(20-12-16-6-2-4-8-19(16)22)11-15-10-9-14-5-1-3-7-18(14)15/h1-8,10,17,20-22H,9,11-13H2/t17-/m0/s1. The van der Waals surface area contributed by atoms with Crippen LogP contribution in [0.25, 0.3) is 5.57 Å². The average Bonchev–Trinajstić information content (AvgIpc) is 2.96. The highest BCUT2D eigenvalue weighted by atomic mass is 16.3. The van der Waals surface area contributed by atoms with Crippen molar-refractivity contribution in [2.45, 2.75) is 25.4 Å². The van der Waals surface area contributed by atoms with Crippen molar-refractivity contribution in [2.24, 2.45) is 0 Å². The molecule has 0 saturated carbocycles. The molecule has 0 bridgehead atoms. The lowest BCUT2D eigenvalue weighted by atomic mass is 10.00. The highest BCUT2D eigenvalue weighted by Gasteiger charge is 2.17. The van der Waals surface area contributed by atoms with E-state index in [-0.39, 0.29) is 18.4 Å². The molecule has 0 aliphatic heterocycles. The summed E-state index contributed by atoms with van der Waals surface area (Å²) in [6.45, 7) is 0.625. The minimum absolute atomic E-state index is 0.0167. The monoisotopic (exact) mass is 295 g/mol. The van der Waals surface area contributed by atoms with Gasteiger partial charge in [0.1, 0.15) is 5.75 Å². The normalized spacial score (nSPS) is 14.5. The van der Waals surface area contributed by atoms with Gasteiger partial charge in [0.25, 0.3) is 0 Å². The second-order valence-corrected chi connectivity index (χ2v) is 5.68. The largest absolute Gasteiger partial charge is 0.508 e. The zero-order valence-electron chi connectivity index (χ0n) is 12.5. The van der Waals surface area contributed by atoms with Gasteiger partial charge >= 0.3 is 0 Å². The summed E-state index contributed by atoms with van der Waals surface area (Å²) >= 11 is 0. The molecule has 3 rings (SSSR count). The van der Waals surface area contributed by atoms with Crippen LogP contribution in [0.3, 0.4) is 0 Å². The summed E-state index contributed by atoms with van der Waals surface area (Å²) in [5.41, 5.74) is 4.79. The molecule has 1 aliphatic rings. The predicted molar refractivity (Wildman–Crippen MR) is 88.6 cm³/mol. The van der Waals surface area contributed by atoms with Gasteiger partial charge in [0, 0.05) is 18.2 Å². The zero-order chi connectivity index (χ0) is 15.4. The molecule has 3 heteroatoms. The Morgan fingerprint density at radius 3 is 2.64 bits per heavy atom. The molecular formula is C19H21NO2. The fraction of sp³-hybridized carbons (Fsp3) is 0.263. The molecule has 0 spiro atoms. The Bertz CT molecular complexity index is 679. The molecule has 0 radical (unpaired) electrons. The summed E-state index contributed by atoms with van der Waals surface area (Å²) in [7, 11) is 0. The van der Waals surface area contributed by atoms with Crippen molar-refractivity contribution in [3.05, 3.63) is 71.3 Å². The van der Waals surface area contributed by atoms with Crippen LogP contribution in [0.1, 0.15) is 23.1 Å². The van der Waals surface area contributed by atoms with Gasteiger partial charge in [0.05, 0.1) is 6.61 Å². The second-order valence-electron chi connectivity index (χ2n) is 5.68. The van der Waals surface area contributed by atoms with Gasteiger partial charge in [0.2, 0.25) is 0 Å². The van der Waals surface area contributed by atoms with Crippen molar-refractivity contribution in [3.8, 4) is 5.75 Å². The number of para-hydroxylation sites is 1. The molecule has 22 heavy (non-hydrogen) atoms. The van der Waals surface area contributed by atoms with Crippen molar-refractivity contribution >= 4 is 5.57 Å². The van der Waals surface area contributed by atoms with Crippen molar-refractivity contribution in [1.82, 2.24) is 5.32 Å². The predicted octanol–water partition coefficient (Wildman–Crippen LogP) is 2.87. The molecule has 0 saturated heterocycles. The van der Waals surface area contributed by atoms with E-state index in [9.17, 15) is 10.2 Å². The highest BCUT2D eigenvalue weighted by Crippen LogP contribution is 2.30. The molecule has 2 aromatic rings. The third-order valence-corrected chi connectivity index (χ3v) is 4.19. The lowest BCUT2D eigenvalue weighted by molar-refractivity contribution is 0.243. The SMILES string of the molecule is OC[C@H](CC1=CCc2ccccc21)NCc1ccccc1O. The summed E-state index contributed by atoms with van der Waals surface area (Å²) < 4.78 is 0. The number of aliphatic hydroxyl groups excluding tert-OH is 1. The van der Waals surface area contributed by atoms with Gasteiger partial charge in [-0.1, -0.05) is 48.5 Å². The molecule has 0 fully saturated rings. The first-order valence-corrected chi connectivity index (χ1v) is 7.66. The Morgan fingerprint density at radius 1 is 1.05 bits per heavy atom. The number of hydrogen-bond donors (Lipinski definition) is 3. The summed E-state index contributed by atoms with van der Waals surface area (Å²) in [4.78, 5) is 0. The van der Waals surface area contributed by atoms with Crippen LogP contribution >= 0.6 is 0 Å². The van der Waals surface area contributed by atoms with Gasteiger partial charge in [-0.3, -0.25) is 0 Å². The van der Waals surface area contributed by atoms with E-state index in [0.717, 1.165) is 18.4 Å². The minimum Gasteiger partial charge on any atom is -0.508 e. The quantitative estimate of drug-likeness (QED) is 0.768. The first kappa shape index (κ1) is 14.8. The lowest BCUT2D eigenvalue weighted by Gasteiger charge is -2.18. The molecular weight excluding hydrogens is 274 g/mol. The molecule has 2 aromatic carbocycles. The summed E-state index contributed by atoms with van der Waals surface area (Å²) in [5, 5.41) is 22.8. The number of aliphatic hydroxyl groups is 1. The minimum atomic E-state index is -0.0167. The summed E-state index contributed by atoms with van der Waals surface area (Å²) in [5.74, 6) is 0.289. The third kappa shape index (κ3) is 3.21. The Labute approximate surface area is 130 Å². The Morgan fingerprint density at radius 2 is 1.82 bits per heavy atom. The summed E-state index contributed by atoms with van der Waals surface area (Å²) in [6, 6.07) is 15.7. The Balaban J connectivity index is 1.63. The maximum atomic E-state index is 9.80. The van der Waals surface area contributed by atoms with Gasteiger partial charge in [0.15, 0.2) is 0 Å². The molecule has 114 valence electrons.